The number of nitrogens with zero attached hydrogens (tertiary/aromatic N) is 4. The summed E-state index contributed by atoms with van der Waals surface area (Å²) in [4.78, 5) is 31.1. The summed E-state index contributed by atoms with van der Waals surface area (Å²) in [5.74, 6) is 2.57. The number of hydrogen-bond donors (Lipinski definition) is 0. The van der Waals surface area contributed by atoms with Gasteiger partial charge < -0.3 is 9.80 Å². The molecule has 2 heterocycles. The van der Waals surface area contributed by atoms with Crippen LogP contribution in [-0.2, 0) is 16.1 Å². The number of aromatic nitrogens is 2. The molecule has 2 aromatic rings. The van der Waals surface area contributed by atoms with Gasteiger partial charge in [-0.15, -0.1) is 0 Å². The number of rotatable bonds is 5. The lowest BCUT2D eigenvalue weighted by molar-refractivity contribution is -0.161. The summed E-state index contributed by atoms with van der Waals surface area (Å²) in [6.45, 7) is 1.23. The molecule has 0 spiro atoms. The van der Waals surface area contributed by atoms with Gasteiger partial charge in [0.25, 0.3) is 0 Å². The highest BCUT2D eigenvalue weighted by molar-refractivity contribution is 5.91. The average molecular weight is 447 g/mol. The Morgan fingerprint density at radius 2 is 1.73 bits per heavy atom. The summed E-state index contributed by atoms with van der Waals surface area (Å²) >= 11 is 0. The molecule has 1 aliphatic heterocycles. The van der Waals surface area contributed by atoms with Crippen LogP contribution in [0.2, 0.25) is 0 Å². The van der Waals surface area contributed by atoms with Crippen molar-refractivity contribution in [3.05, 3.63) is 48.3 Å². The van der Waals surface area contributed by atoms with Gasteiger partial charge in [0, 0.05) is 31.9 Å². The van der Waals surface area contributed by atoms with Crippen LogP contribution in [0.15, 0.2) is 42.7 Å². The van der Waals surface area contributed by atoms with Crippen molar-refractivity contribution in [1.29, 1.82) is 0 Å². The van der Waals surface area contributed by atoms with E-state index in [9.17, 15) is 9.59 Å². The third-order valence-corrected chi connectivity index (χ3v) is 8.74. The van der Waals surface area contributed by atoms with Crippen molar-refractivity contribution < 1.29 is 9.59 Å². The van der Waals surface area contributed by atoms with Gasteiger partial charge in [-0.25, -0.2) is 4.68 Å². The molecule has 1 atom stereocenters. The fourth-order valence-corrected chi connectivity index (χ4v) is 7.71. The first kappa shape index (κ1) is 20.9. The van der Waals surface area contributed by atoms with Crippen molar-refractivity contribution in [2.75, 3.05) is 13.6 Å². The predicted octanol–water partition coefficient (Wildman–Crippen LogP) is 4.04. The summed E-state index contributed by atoms with van der Waals surface area (Å²) in [5.41, 5.74) is 1.82. The van der Waals surface area contributed by atoms with Crippen LogP contribution in [0.25, 0.3) is 5.69 Å². The molecule has 6 heteroatoms. The van der Waals surface area contributed by atoms with E-state index in [0.29, 0.717) is 12.5 Å². The molecule has 2 amide bonds. The molecule has 0 radical (unpaired) electrons. The Kier molecular flexibility index (Phi) is 5.07. The van der Waals surface area contributed by atoms with Gasteiger partial charge in [0.2, 0.25) is 11.8 Å². The summed E-state index contributed by atoms with van der Waals surface area (Å²) in [5, 5.41) is 4.46. The number of amides is 2. The Balaban J connectivity index is 1.14. The highest BCUT2D eigenvalue weighted by atomic mass is 16.2. The van der Waals surface area contributed by atoms with Gasteiger partial charge in [-0.3, -0.25) is 9.59 Å². The van der Waals surface area contributed by atoms with E-state index in [0.717, 1.165) is 67.7 Å². The quantitative estimate of drug-likeness (QED) is 0.697. The van der Waals surface area contributed by atoms with Gasteiger partial charge >= 0.3 is 0 Å². The number of likely N-dealkylation sites (N-methyl/N-ethyl adjacent to an activating group) is 1. The molecule has 1 unspecified atom stereocenters. The highest BCUT2D eigenvalue weighted by Crippen LogP contribution is 2.60. The Bertz CT molecular complexity index is 1010. The summed E-state index contributed by atoms with van der Waals surface area (Å²) in [6, 6.07) is 9.68. The van der Waals surface area contributed by atoms with Crippen molar-refractivity contribution in [3.8, 4) is 5.69 Å². The minimum Gasteiger partial charge on any atom is -0.340 e. The predicted molar refractivity (Wildman–Crippen MR) is 125 cm³/mol. The highest BCUT2D eigenvalue weighted by Gasteiger charge is 2.56. The number of carbonyl (C=O) groups is 2. The largest absolute Gasteiger partial charge is 0.340 e. The Labute approximate surface area is 195 Å². The van der Waals surface area contributed by atoms with Crippen LogP contribution in [0, 0.1) is 23.2 Å². The van der Waals surface area contributed by atoms with Crippen LogP contribution in [0.5, 0.6) is 0 Å². The Morgan fingerprint density at radius 1 is 1.06 bits per heavy atom. The maximum absolute atomic E-state index is 13.9. The van der Waals surface area contributed by atoms with E-state index in [2.05, 4.69) is 5.10 Å². The summed E-state index contributed by atoms with van der Waals surface area (Å²) in [6.07, 6.45) is 12.7. The SMILES string of the molecule is CN(Cc1cnn(-c2ccccc2)c1)C(=O)C1CCCN1C(=O)C12CC3CC(CC(C3)C1)C2. The number of benzene rings is 1. The number of hydrogen-bond acceptors (Lipinski definition) is 3. The monoisotopic (exact) mass is 446 g/mol. The molecule has 174 valence electrons. The molecule has 4 saturated carbocycles. The van der Waals surface area contributed by atoms with Crippen molar-refractivity contribution in [1.82, 2.24) is 19.6 Å². The van der Waals surface area contributed by atoms with Crippen molar-refractivity contribution >= 4 is 11.8 Å². The molecule has 6 nitrogen and oxygen atoms in total. The second-order valence-corrected chi connectivity index (χ2v) is 11.2. The first-order chi connectivity index (χ1) is 16.0. The summed E-state index contributed by atoms with van der Waals surface area (Å²) < 4.78 is 1.84. The van der Waals surface area contributed by atoms with E-state index >= 15 is 0 Å². The molecule has 4 aliphatic carbocycles. The topological polar surface area (TPSA) is 58.4 Å². The van der Waals surface area contributed by atoms with Gasteiger partial charge in [-0.1, -0.05) is 18.2 Å². The minimum atomic E-state index is -0.306. The lowest BCUT2D eigenvalue weighted by Crippen LogP contribution is -2.57. The smallest absolute Gasteiger partial charge is 0.245 e. The average Bonchev–Trinajstić information content (AvgIpc) is 3.47. The second-order valence-electron chi connectivity index (χ2n) is 11.2. The molecule has 0 N–H and O–H groups in total. The second kappa shape index (κ2) is 8.00. The first-order valence-electron chi connectivity index (χ1n) is 12.7. The van der Waals surface area contributed by atoms with Crippen LogP contribution >= 0.6 is 0 Å². The van der Waals surface area contributed by atoms with E-state index < -0.39 is 0 Å². The lowest BCUT2D eigenvalue weighted by atomic mass is 9.49. The van der Waals surface area contributed by atoms with E-state index in [1.54, 1.807) is 4.90 Å². The minimum absolute atomic E-state index is 0.0676. The van der Waals surface area contributed by atoms with Crippen LogP contribution < -0.4 is 0 Å². The zero-order valence-corrected chi connectivity index (χ0v) is 19.5. The van der Waals surface area contributed by atoms with Crippen LogP contribution in [0.1, 0.15) is 56.9 Å². The van der Waals surface area contributed by atoms with Crippen LogP contribution in [0.4, 0.5) is 0 Å². The summed E-state index contributed by atoms with van der Waals surface area (Å²) in [7, 11) is 1.86. The van der Waals surface area contributed by atoms with Crippen molar-refractivity contribution in [2.24, 2.45) is 23.2 Å². The molecule has 1 aromatic carbocycles. The Hall–Kier alpha value is -2.63. The van der Waals surface area contributed by atoms with Crippen LogP contribution in [0.3, 0.4) is 0 Å². The van der Waals surface area contributed by atoms with E-state index in [4.69, 9.17) is 0 Å². The number of carbonyl (C=O) groups excluding carboxylic acids is 2. The van der Waals surface area contributed by atoms with E-state index in [1.165, 1.54) is 19.3 Å². The lowest BCUT2D eigenvalue weighted by Gasteiger charge is -2.56. The molecule has 5 aliphatic rings. The van der Waals surface area contributed by atoms with Gasteiger partial charge in [0.15, 0.2) is 0 Å². The molecule has 1 aromatic heterocycles. The maximum atomic E-state index is 13.9. The first-order valence-corrected chi connectivity index (χ1v) is 12.7. The van der Waals surface area contributed by atoms with Gasteiger partial charge in [-0.05, 0) is 81.3 Å². The molecule has 7 rings (SSSR count). The molecular formula is C27H34N4O2. The zero-order chi connectivity index (χ0) is 22.6. The standard InChI is InChI=1S/C27H34N4O2/c1-29(17-22-16-28-31(18-22)23-6-3-2-4-7-23)25(32)24-8-5-9-30(24)26(33)27-13-19-10-20(14-27)12-21(11-19)15-27/h2-4,6-7,16,18-21,24H,5,8-15,17H2,1H3. The molecular weight excluding hydrogens is 412 g/mol. The third-order valence-electron chi connectivity index (χ3n) is 8.74. The zero-order valence-electron chi connectivity index (χ0n) is 19.5. The van der Waals surface area contributed by atoms with Crippen molar-refractivity contribution in [3.63, 3.8) is 0 Å². The molecule has 4 bridgehead atoms. The van der Waals surface area contributed by atoms with Gasteiger partial charge in [-0.2, -0.15) is 5.10 Å². The third kappa shape index (κ3) is 3.68. The maximum Gasteiger partial charge on any atom is 0.245 e. The van der Waals surface area contributed by atoms with E-state index in [-0.39, 0.29) is 17.4 Å². The molecule has 33 heavy (non-hydrogen) atoms. The van der Waals surface area contributed by atoms with Crippen molar-refractivity contribution in [2.45, 2.75) is 64.0 Å². The van der Waals surface area contributed by atoms with E-state index in [1.807, 2.05) is 59.4 Å². The van der Waals surface area contributed by atoms with Gasteiger partial charge in [0.1, 0.15) is 6.04 Å². The number of likely N-dealkylation sites (tertiary alicyclic amines) is 1. The normalized spacial score (nSPS) is 32.3. The number of para-hydroxylation sites is 1. The molecule has 1 saturated heterocycles. The van der Waals surface area contributed by atoms with Crippen LogP contribution in [-0.4, -0.2) is 51.0 Å². The van der Waals surface area contributed by atoms with Gasteiger partial charge in [0.05, 0.1) is 17.3 Å². The fourth-order valence-electron chi connectivity index (χ4n) is 7.71. The Morgan fingerprint density at radius 3 is 2.39 bits per heavy atom. The molecule has 5 fully saturated rings. The fraction of sp³-hybridized carbons (Fsp3) is 0.593.